The molecule has 0 aliphatic heterocycles. The maximum atomic E-state index is 13.8. The summed E-state index contributed by atoms with van der Waals surface area (Å²) in [7, 11) is 0. The van der Waals surface area contributed by atoms with Crippen LogP contribution >= 0.6 is 15.9 Å². The Bertz CT molecular complexity index is 638. The van der Waals surface area contributed by atoms with E-state index in [9.17, 15) is 9.18 Å². The summed E-state index contributed by atoms with van der Waals surface area (Å²) < 4.78 is 20.3. The highest BCUT2D eigenvalue weighted by atomic mass is 79.9. The zero-order valence-corrected chi connectivity index (χ0v) is 12.1. The van der Waals surface area contributed by atoms with Gasteiger partial charge in [-0.25, -0.2) is 4.39 Å². The van der Waals surface area contributed by atoms with Gasteiger partial charge in [0.05, 0.1) is 5.56 Å². The van der Waals surface area contributed by atoms with Crippen LogP contribution in [0.5, 0.6) is 11.5 Å². The van der Waals surface area contributed by atoms with Crippen LogP contribution in [0.1, 0.15) is 22.8 Å². The minimum atomic E-state index is -0.546. The quantitative estimate of drug-likeness (QED) is 0.752. The van der Waals surface area contributed by atoms with Crippen LogP contribution in [0.3, 0.4) is 0 Å². The SMILES string of the molecule is CC(=O)c1cccc(F)c1Oc1ccc(Br)cc1C. The average molecular weight is 323 g/mol. The summed E-state index contributed by atoms with van der Waals surface area (Å²) in [5, 5.41) is 0. The highest BCUT2D eigenvalue weighted by Crippen LogP contribution is 2.31. The van der Waals surface area contributed by atoms with Gasteiger partial charge in [0.15, 0.2) is 17.3 Å². The maximum Gasteiger partial charge on any atom is 0.173 e. The maximum absolute atomic E-state index is 13.8. The zero-order chi connectivity index (χ0) is 14.0. The summed E-state index contributed by atoms with van der Waals surface area (Å²) in [6.07, 6.45) is 0. The van der Waals surface area contributed by atoms with Crippen LogP contribution in [-0.2, 0) is 0 Å². The van der Waals surface area contributed by atoms with E-state index in [0.29, 0.717) is 5.75 Å². The van der Waals surface area contributed by atoms with E-state index >= 15 is 0 Å². The standard InChI is InChI=1S/C15H12BrFO2/c1-9-8-11(16)6-7-14(9)19-15-12(10(2)18)4-3-5-13(15)17/h3-8H,1-2H3. The molecule has 0 radical (unpaired) electrons. The number of Topliss-reactive ketones (excluding diaryl/α,β-unsaturated/α-hetero) is 1. The van der Waals surface area contributed by atoms with Crippen molar-refractivity contribution in [3.8, 4) is 11.5 Å². The molecule has 0 heterocycles. The van der Waals surface area contributed by atoms with Crippen molar-refractivity contribution in [1.29, 1.82) is 0 Å². The van der Waals surface area contributed by atoms with Crippen molar-refractivity contribution in [1.82, 2.24) is 0 Å². The van der Waals surface area contributed by atoms with Crippen LogP contribution < -0.4 is 4.74 Å². The second-order valence-electron chi connectivity index (χ2n) is 4.18. The molecule has 0 bridgehead atoms. The van der Waals surface area contributed by atoms with Crippen LogP contribution in [0.15, 0.2) is 40.9 Å². The molecule has 0 spiro atoms. The van der Waals surface area contributed by atoms with E-state index in [1.165, 1.54) is 19.1 Å². The number of ether oxygens (including phenoxy) is 1. The molecule has 0 atom stereocenters. The molecular formula is C15H12BrFO2. The molecule has 2 nitrogen and oxygen atoms in total. The molecule has 0 aliphatic carbocycles. The Hall–Kier alpha value is -1.68. The lowest BCUT2D eigenvalue weighted by Gasteiger charge is -2.12. The number of carbonyl (C=O) groups is 1. The monoisotopic (exact) mass is 322 g/mol. The van der Waals surface area contributed by atoms with Crippen molar-refractivity contribution in [2.75, 3.05) is 0 Å². The van der Waals surface area contributed by atoms with Gasteiger partial charge in [-0.2, -0.15) is 0 Å². The van der Waals surface area contributed by atoms with E-state index in [2.05, 4.69) is 15.9 Å². The number of hydrogen-bond acceptors (Lipinski definition) is 2. The molecule has 0 unspecified atom stereocenters. The third-order valence-corrected chi connectivity index (χ3v) is 3.19. The van der Waals surface area contributed by atoms with E-state index in [0.717, 1.165) is 10.0 Å². The smallest absolute Gasteiger partial charge is 0.173 e. The number of hydrogen-bond donors (Lipinski definition) is 0. The largest absolute Gasteiger partial charge is 0.453 e. The fourth-order valence-electron chi connectivity index (χ4n) is 1.73. The van der Waals surface area contributed by atoms with Crippen LogP contribution in [0.25, 0.3) is 0 Å². The van der Waals surface area contributed by atoms with Crippen LogP contribution in [0.2, 0.25) is 0 Å². The lowest BCUT2D eigenvalue weighted by Crippen LogP contribution is -2.00. The van der Waals surface area contributed by atoms with Crippen molar-refractivity contribution in [2.24, 2.45) is 0 Å². The van der Waals surface area contributed by atoms with Crippen molar-refractivity contribution in [3.63, 3.8) is 0 Å². The number of halogens is 2. The first-order valence-corrected chi connectivity index (χ1v) is 6.52. The molecule has 2 aromatic carbocycles. The Balaban J connectivity index is 2.46. The second kappa shape index (κ2) is 5.53. The Kier molecular flexibility index (Phi) is 4.00. The Morgan fingerprint density at radius 3 is 2.63 bits per heavy atom. The van der Waals surface area contributed by atoms with Gasteiger partial charge in [-0.05, 0) is 49.7 Å². The van der Waals surface area contributed by atoms with Crippen LogP contribution in [-0.4, -0.2) is 5.78 Å². The topological polar surface area (TPSA) is 26.3 Å². The second-order valence-corrected chi connectivity index (χ2v) is 5.10. The summed E-state index contributed by atoms with van der Waals surface area (Å²) in [6, 6.07) is 9.72. The predicted octanol–water partition coefficient (Wildman–Crippen LogP) is 4.89. The molecule has 4 heteroatoms. The van der Waals surface area contributed by atoms with Gasteiger partial charge < -0.3 is 4.74 Å². The Morgan fingerprint density at radius 1 is 1.26 bits per heavy atom. The van der Waals surface area contributed by atoms with Gasteiger partial charge in [0.1, 0.15) is 5.75 Å². The number of para-hydroxylation sites is 1. The minimum absolute atomic E-state index is 0.0274. The summed E-state index contributed by atoms with van der Waals surface area (Å²) in [6.45, 7) is 3.24. The molecule has 19 heavy (non-hydrogen) atoms. The average Bonchev–Trinajstić information content (AvgIpc) is 2.34. The minimum Gasteiger partial charge on any atom is -0.453 e. The molecule has 0 fully saturated rings. The number of benzene rings is 2. The van der Waals surface area contributed by atoms with Gasteiger partial charge in [0.25, 0.3) is 0 Å². The van der Waals surface area contributed by atoms with Crippen molar-refractivity contribution in [3.05, 3.63) is 57.8 Å². The fourth-order valence-corrected chi connectivity index (χ4v) is 2.20. The molecule has 2 aromatic rings. The van der Waals surface area contributed by atoms with E-state index in [-0.39, 0.29) is 17.1 Å². The lowest BCUT2D eigenvalue weighted by atomic mass is 10.1. The van der Waals surface area contributed by atoms with Crippen LogP contribution in [0, 0.1) is 12.7 Å². The van der Waals surface area contributed by atoms with Crippen molar-refractivity contribution < 1.29 is 13.9 Å². The number of ketones is 1. The van der Waals surface area contributed by atoms with Gasteiger partial charge in [-0.15, -0.1) is 0 Å². The normalized spacial score (nSPS) is 10.3. The summed E-state index contributed by atoms with van der Waals surface area (Å²) in [5.41, 5.74) is 1.09. The van der Waals surface area contributed by atoms with Gasteiger partial charge in [-0.3, -0.25) is 4.79 Å². The van der Waals surface area contributed by atoms with Crippen LogP contribution in [0.4, 0.5) is 4.39 Å². The highest BCUT2D eigenvalue weighted by Gasteiger charge is 2.15. The van der Waals surface area contributed by atoms with E-state index < -0.39 is 5.82 Å². The van der Waals surface area contributed by atoms with Gasteiger partial charge >= 0.3 is 0 Å². The third kappa shape index (κ3) is 3.01. The first-order valence-electron chi connectivity index (χ1n) is 5.72. The first-order chi connectivity index (χ1) is 8.99. The van der Waals surface area contributed by atoms with E-state index in [1.807, 2.05) is 13.0 Å². The number of rotatable bonds is 3. The van der Waals surface area contributed by atoms with Crippen molar-refractivity contribution >= 4 is 21.7 Å². The summed E-state index contributed by atoms with van der Waals surface area (Å²) >= 11 is 3.35. The Labute approximate surface area is 119 Å². The van der Waals surface area contributed by atoms with Gasteiger partial charge in [-0.1, -0.05) is 22.0 Å². The van der Waals surface area contributed by atoms with Crippen molar-refractivity contribution in [2.45, 2.75) is 13.8 Å². The molecule has 2 rings (SSSR count). The van der Waals surface area contributed by atoms with Gasteiger partial charge in [0, 0.05) is 4.47 Å². The van der Waals surface area contributed by atoms with E-state index in [1.54, 1.807) is 18.2 Å². The lowest BCUT2D eigenvalue weighted by molar-refractivity contribution is 0.101. The highest BCUT2D eigenvalue weighted by molar-refractivity contribution is 9.10. The molecule has 0 aromatic heterocycles. The zero-order valence-electron chi connectivity index (χ0n) is 10.5. The third-order valence-electron chi connectivity index (χ3n) is 2.70. The Morgan fingerprint density at radius 2 is 2.00 bits per heavy atom. The number of aryl methyl sites for hydroxylation is 1. The molecule has 0 aliphatic rings. The molecular weight excluding hydrogens is 311 g/mol. The fraction of sp³-hybridized carbons (Fsp3) is 0.133. The molecule has 98 valence electrons. The predicted molar refractivity (Wildman–Crippen MR) is 75.4 cm³/mol. The molecule has 0 N–H and O–H groups in total. The van der Waals surface area contributed by atoms with Gasteiger partial charge in [0.2, 0.25) is 0 Å². The first kappa shape index (κ1) is 13.7. The summed E-state index contributed by atoms with van der Waals surface area (Å²) in [5.74, 6) is -0.282. The van der Waals surface area contributed by atoms with E-state index in [4.69, 9.17) is 4.74 Å². The summed E-state index contributed by atoms with van der Waals surface area (Å²) in [4.78, 5) is 11.5. The molecule has 0 saturated carbocycles. The molecule has 0 saturated heterocycles. The number of carbonyl (C=O) groups excluding carboxylic acids is 1. The molecule has 0 amide bonds.